The Kier molecular flexibility index (Phi) is 6.06. The summed E-state index contributed by atoms with van der Waals surface area (Å²) in [6, 6.07) is 5.44. The number of aliphatic hydroxyl groups is 1. The molecular formula is C16H22BrNO3. The zero-order chi connectivity index (χ0) is 15.2. The van der Waals surface area contributed by atoms with Gasteiger partial charge in [0.15, 0.2) is 6.61 Å². The van der Waals surface area contributed by atoms with Crippen LogP contribution in [0.1, 0.15) is 44.3 Å². The first kappa shape index (κ1) is 16.3. The number of carbonyl (C=O) groups is 1. The van der Waals surface area contributed by atoms with Crippen LogP contribution in [0, 0.1) is 0 Å². The van der Waals surface area contributed by atoms with Gasteiger partial charge in [-0.15, -0.1) is 0 Å². The van der Waals surface area contributed by atoms with E-state index in [1.54, 1.807) is 13.0 Å². The quantitative estimate of drug-likeness (QED) is 0.901. The fourth-order valence-corrected chi connectivity index (χ4v) is 2.91. The van der Waals surface area contributed by atoms with E-state index in [0.29, 0.717) is 11.3 Å². The smallest absolute Gasteiger partial charge is 0.260 e. The predicted octanol–water partition coefficient (Wildman–Crippen LogP) is 3.28. The topological polar surface area (TPSA) is 49.8 Å². The van der Waals surface area contributed by atoms with E-state index in [2.05, 4.69) is 15.9 Å². The molecule has 0 spiro atoms. The molecule has 1 fully saturated rings. The third-order valence-electron chi connectivity index (χ3n) is 3.73. The molecule has 2 rings (SSSR count). The Morgan fingerprint density at radius 1 is 1.33 bits per heavy atom. The molecule has 0 aromatic heterocycles. The number of nitrogens with zero attached hydrogens (tertiary/aromatic N) is 1. The number of hydrogen-bond donors (Lipinski definition) is 1. The van der Waals surface area contributed by atoms with E-state index in [4.69, 9.17) is 4.74 Å². The summed E-state index contributed by atoms with van der Waals surface area (Å²) in [6.45, 7) is 3.37. The molecule has 1 heterocycles. The van der Waals surface area contributed by atoms with Crippen molar-refractivity contribution in [2.24, 2.45) is 0 Å². The van der Waals surface area contributed by atoms with Gasteiger partial charge in [-0.25, -0.2) is 0 Å². The van der Waals surface area contributed by atoms with Crippen LogP contribution in [0.4, 0.5) is 0 Å². The number of rotatable bonds is 4. The second kappa shape index (κ2) is 7.80. The van der Waals surface area contributed by atoms with E-state index in [9.17, 15) is 9.90 Å². The van der Waals surface area contributed by atoms with Crippen LogP contribution in [0.25, 0.3) is 0 Å². The van der Waals surface area contributed by atoms with Crippen LogP contribution in [-0.2, 0) is 4.79 Å². The standard InChI is InChI=1S/C16H22BrNO3/c1-12(19)14-10-13(17)6-7-15(14)21-11-16(20)18-8-4-2-3-5-9-18/h6-7,10,12,19H,2-5,8-9,11H2,1H3. The highest BCUT2D eigenvalue weighted by molar-refractivity contribution is 9.10. The van der Waals surface area contributed by atoms with E-state index in [1.807, 2.05) is 17.0 Å². The van der Waals surface area contributed by atoms with Gasteiger partial charge in [0.05, 0.1) is 6.10 Å². The zero-order valence-electron chi connectivity index (χ0n) is 12.3. The molecule has 1 aromatic carbocycles. The summed E-state index contributed by atoms with van der Waals surface area (Å²) < 4.78 is 6.52. The van der Waals surface area contributed by atoms with Gasteiger partial charge < -0.3 is 14.7 Å². The third kappa shape index (κ3) is 4.71. The van der Waals surface area contributed by atoms with Crippen LogP contribution >= 0.6 is 15.9 Å². The Labute approximate surface area is 134 Å². The number of carbonyl (C=O) groups excluding carboxylic acids is 1. The number of amides is 1. The average molecular weight is 356 g/mol. The lowest BCUT2D eigenvalue weighted by Gasteiger charge is -2.21. The Morgan fingerprint density at radius 3 is 2.62 bits per heavy atom. The van der Waals surface area contributed by atoms with Crippen LogP contribution < -0.4 is 4.74 Å². The highest BCUT2D eigenvalue weighted by Crippen LogP contribution is 2.28. The fraction of sp³-hybridized carbons (Fsp3) is 0.562. The van der Waals surface area contributed by atoms with Crippen LogP contribution in [-0.4, -0.2) is 35.6 Å². The Morgan fingerprint density at radius 2 is 2.00 bits per heavy atom. The van der Waals surface area contributed by atoms with E-state index in [0.717, 1.165) is 30.4 Å². The molecule has 1 aliphatic heterocycles. The first-order chi connectivity index (χ1) is 10.1. The minimum Gasteiger partial charge on any atom is -0.483 e. The minimum atomic E-state index is -0.634. The molecule has 1 unspecified atom stereocenters. The molecule has 116 valence electrons. The van der Waals surface area contributed by atoms with Crippen LogP contribution in [0.5, 0.6) is 5.75 Å². The molecule has 1 atom stereocenters. The van der Waals surface area contributed by atoms with Crippen molar-refractivity contribution >= 4 is 21.8 Å². The van der Waals surface area contributed by atoms with Crippen molar-refractivity contribution in [2.75, 3.05) is 19.7 Å². The van der Waals surface area contributed by atoms with Crippen molar-refractivity contribution in [1.82, 2.24) is 4.90 Å². The molecule has 1 amide bonds. The molecule has 0 aliphatic carbocycles. The monoisotopic (exact) mass is 355 g/mol. The maximum absolute atomic E-state index is 12.2. The SMILES string of the molecule is CC(O)c1cc(Br)ccc1OCC(=O)N1CCCCCC1. The molecule has 1 saturated heterocycles. The van der Waals surface area contributed by atoms with Gasteiger partial charge in [0.25, 0.3) is 5.91 Å². The lowest BCUT2D eigenvalue weighted by atomic mass is 10.1. The molecule has 0 bridgehead atoms. The van der Waals surface area contributed by atoms with Gasteiger partial charge in [-0.1, -0.05) is 28.8 Å². The highest BCUT2D eigenvalue weighted by Gasteiger charge is 2.17. The average Bonchev–Trinajstić information content (AvgIpc) is 2.74. The number of halogens is 1. The van der Waals surface area contributed by atoms with E-state index in [-0.39, 0.29) is 12.5 Å². The fourth-order valence-electron chi connectivity index (χ4n) is 2.53. The van der Waals surface area contributed by atoms with Gasteiger partial charge in [0.1, 0.15) is 5.75 Å². The van der Waals surface area contributed by atoms with Crippen molar-refractivity contribution in [3.05, 3.63) is 28.2 Å². The lowest BCUT2D eigenvalue weighted by molar-refractivity contribution is -0.133. The maximum atomic E-state index is 12.2. The largest absolute Gasteiger partial charge is 0.483 e. The van der Waals surface area contributed by atoms with Gasteiger partial charge in [-0.05, 0) is 38.0 Å². The van der Waals surface area contributed by atoms with Crippen molar-refractivity contribution < 1.29 is 14.6 Å². The maximum Gasteiger partial charge on any atom is 0.260 e. The first-order valence-corrected chi connectivity index (χ1v) is 8.25. The van der Waals surface area contributed by atoms with Crippen molar-refractivity contribution in [3.63, 3.8) is 0 Å². The molecule has 1 aliphatic rings. The Bertz CT molecular complexity index is 482. The lowest BCUT2D eigenvalue weighted by Crippen LogP contribution is -2.35. The van der Waals surface area contributed by atoms with Gasteiger partial charge in [0.2, 0.25) is 0 Å². The second-order valence-electron chi connectivity index (χ2n) is 5.44. The summed E-state index contributed by atoms with van der Waals surface area (Å²) in [6.07, 6.45) is 3.91. The molecule has 21 heavy (non-hydrogen) atoms. The second-order valence-corrected chi connectivity index (χ2v) is 6.36. The van der Waals surface area contributed by atoms with Crippen molar-refractivity contribution in [3.8, 4) is 5.75 Å². The minimum absolute atomic E-state index is 0.0244. The van der Waals surface area contributed by atoms with Gasteiger partial charge in [-0.2, -0.15) is 0 Å². The summed E-state index contributed by atoms with van der Waals surface area (Å²) in [5.41, 5.74) is 0.688. The van der Waals surface area contributed by atoms with Crippen molar-refractivity contribution in [1.29, 1.82) is 0 Å². The Hall–Kier alpha value is -1.07. The summed E-state index contributed by atoms with van der Waals surface area (Å²) in [7, 11) is 0. The summed E-state index contributed by atoms with van der Waals surface area (Å²) in [5, 5.41) is 9.78. The van der Waals surface area contributed by atoms with Crippen molar-refractivity contribution in [2.45, 2.75) is 38.7 Å². The summed E-state index contributed by atoms with van der Waals surface area (Å²) >= 11 is 3.37. The molecule has 0 saturated carbocycles. The highest BCUT2D eigenvalue weighted by atomic mass is 79.9. The van der Waals surface area contributed by atoms with Crippen LogP contribution in [0.3, 0.4) is 0 Å². The number of benzene rings is 1. The Balaban J connectivity index is 1.97. The molecule has 4 nitrogen and oxygen atoms in total. The van der Waals surface area contributed by atoms with Crippen LogP contribution in [0.15, 0.2) is 22.7 Å². The molecule has 1 N–H and O–H groups in total. The van der Waals surface area contributed by atoms with Gasteiger partial charge in [0, 0.05) is 23.1 Å². The zero-order valence-corrected chi connectivity index (χ0v) is 13.9. The normalized spacial score (nSPS) is 17.2. The molecule has 0 radical (unpaired) electrons. The number of aliphatic hydroxyl groups excluding tert-OH is 1. The van der Waals surface area contributed by atoms with E-state index < -0.39 is 6.10 Å². The third-order valence-corrected chi connectivity index (χ3v) is 4.23. The number of likely N-dealkylation sites (tertiary alicyclic amines) is 1. The number of hydrogen-bond acceptors (Lipinski definition) is 3. The first-order valence-electron chi connectivity index (χ1n) is 7.46. The molecular weight excluding hydrogens is 334 g/mol. The van der Waals surface area contributed by atoms with E-state index in [1.165, 1.54) is 12.8 Å². The van der Waals surface area contributed by atoms with Gasteiger partial charge >= 0.3 is 0 Å². The summed E-state index contributed by atoms with van der Waals surface area (Å²) in [4.78, 5) is 14.1. The number of ether oxygens (including phenoxy) is 1. The van der Waals surface area contributed by atoms with E-state index >= 15 is 0 Å². The summed E-state index contributed by atoms with van der Waals surface area (Å²) in [5.74, 6) is 0.590. The van der Waals surface area contributed by atoms with Gasteiger partial charge in [-0.3, -0.25) is 4.79 Å². The van der Waals surface area contributed by atoms with Crippen LogP contribution in [0.2, 0.25) is 0 Å². The predicted molar refractivity (Wildman–Crippen MR) is 85.3 cm³/mol. The molecule has 1 aromatic rings. The molecule has 5 heteroatoms.